The number of carbonyl (C=O) groups is 1. The van der Waals surface area contributed by atoms with Crippen LogP contribution in [0.15, 0.2) is 30.3 Å². The molecule has 0 radical (unpaired) electrons. The molecule has 0 saturated heterocycles. The van der Waals surface area contributed by atoms with Crippen LogP contribution in [0.4, 0.5) is 0 Å². The number of benzene rings is 1. The predicted molar refractivity (Wildman–Crippen MR) is 54.6 cm³/mol. The van der Waals surface area contributed by atoms with Crippen LogP contribution in [-0.4, -0.2) is 18.8 Å². The Bertz CT molecular complexity index is 259. The van der Waals surface area contributed by atoms with E-state index in [0.29, 0.717) is 5.75 Å². The Morgan fingerprint density at radius 3 is 2.69 bits per heavy atom. The number of hydrogen-bond acceptors (Lipinski definition) is 3. The van der Waals surface area contributed by atoms with Gasteiger partial charge in [0.1, 0.15) is 0 Å². The minimum absolute atomic E-state index is 0.166. The van der Waals surface area contributed by atoms with Gasteiger partial charge in [0, 0.05) is 5.75 Å². The van der Waals surface area contributed by atoms with Gasteiger partial charge in [-0.1, -0.05) is 30.3 Å². The van der Waals surface area contributed by atoms with Crippen LogP contribution < -0.4 is 0 Å². The van der Waals surface area contributed by atoms with Crippen molar-refractivity contribution in [1.82, 2.24) is 0 Å². The third-order valence-corrected chi connectivity index (χ3v) is 2.54. The van der Waals surface area contributed by atoms with E-state index in [0.717, 1.165) is 5.75 Å². The summed E-state index contributed by atoms with van der Waals surface area (Å²) in [5.74, 6) is 1.11. The summed E-state index contributed by atoms with van der Waals surface area (Å²) < 4.78 is 4.53. The molecule has 0 aromatic heterocycles. The largest absolute Gasteiger partial charge is 0.468 e. The van der Waals surface area contributed by atoms with Crippen molar-refractivity contribution in [1.29, 1.82) is 0 Å². The summed E-state index contributed by atoms with van der Waals surface area (Å²) >= 11 is 1.56. The second-order valence-electron chi connectivity index (χ2n) is 2.55. The molecule has 0 fully saturated rings. The van der Waals surface area contributed by atoms with Gasteiger partial charge in [-0.15, -0.1) is 11.8 Å². The average molecular weight is 196 g/mol. The van der Waals surface area contributed by atoms with Crippen LogP contribution >= 0.6 is 11.8 Å². The van der Waals surface area contributed by atoms with Crippen molar-refractivity contribution in [2.24, 2.45) is 0 Å². The number of hydrogen-bond donors (Lipinski definition) is 0. The SMILES string of the molecule is COC(=O)CSCc1ccccc1. The standard InChI is InChI=1S/C10H12O2S/c1-12-10(11)8-13-7-9-5-3-2-4-6-9/h2-6H,7-8H2,1H3. The predicted octanol–water partition coefficient (Wildman–Crippen LogP) is 2.09. The highest BCUT2D eigenvalue weighted by Gasteiger charge is 1.99. The topological polar surface area (TPSA) is 26.3 Å². The first kappa shape index (κ1) is 10.1. The molecule has 1 rings (SSSR count). The molecule has 13 heavy (non-hydrogen) atoms. The molecule has 0 aliphatic rings. The van der Waals surface area contributed by atoms with Crippen molar-refractivity contribution < 1.29 is 9.53 Å². The maximum absolute atomic E-state index is 10.8. The van der Waals surface area contributed by atoms with Gasteiger partial charge in [-0.3, -0.25) is 4.79 Å². The van der Waals surface area contributed by atoms with Crippen molar-refractivity contribution in [2.45, 2.75) is 5.75 Å². The molecule has 0 atom stereocenters. The van der Waals surface area contributed by atoms with Gasteiger partial charge in [-0.2, -0.15) is 0 Å². The number of methoxy groups -OCH3 is 1. The summed E-state index contributed by atoms with van der Waals surface area (Å²) in [7, 11) is 1.41. The van der Waals surface area contributed by atoms with E-state index < -0.39 is 0 Å². The molecule has 0 bridgehead atoms. The van der Waals surface area contributed by atoms with E-state index >= 15 is 0 Å². The van der Waals surface area contributed by atoms with E-state index in [-0.39, 0.29) is 5.97 Å². The van der Waals surface area contributed by atoms with Crippen molar-refractivity contribution >= 4 is 17.7 Å². The quantitative estimate of drug-likeness (QED) is 0.690. The van der Waals surface area contributed by atoms with Crippen molar-refractivity contribution in [3.63, 3.8) is 0 Å². The molecule has 70 valence electrons. The number of thioether (sulfide) groups is 1. The second kappa shape index (κ2) is 5.65. The highest BCUT2D eigenvalue weighted by molar-refractivity contribution is 7.99. The number of rotatable bonds is 4. The van der Waals surface area contributed by atoms with Crippen LogP contribution in [0.25, 0.3) is 0 Å². The fourth-order valence-corrected chi connectivity index (χ4v) is 1.70. The zero-order chi connectivity index (χ0) is 9.52. The van der Waals surface area contributed by atoms with E-state index in [4.69, 9.17) is 0 Å². The van der Waals surface area contributed by atoms with Crippen molar-refractivity contribution in [3.05, 3.63) is 35.9 Å². The Hall–Kier alpha value is -0.960. The maximum Gasteiger partial charge on any atom is 0.315 e. The van der Waals surface area contributed by atoms with Gasteiger partial charge in [0.2, 0.25) is 0 Å². The summed E-state index contributed by atoms with van der Waals surface area (Å²) in [5, 5.41) is 0. The van der Waals surface area contributed by atoms with E-state index in [1.54, 1.807) is 11.8 Å². The monoisotopic (exact) mass is 196 g/mol. The normalized spacial score (nSPS) is 9.62. The zero-order valence-electron chi connectivity index (χ0n) is 7.53. The molecule has 0 spiro atoms. The van der Waals surface area contributed by atoms with Gasteiger partial charge in [0.05, 0.1) is 12.9 Å². The lowest BCUT2D eigenvalue weighted by atomic mass is 10.2. The second-order valence-corrected chi connectivity index (χ2v) is 3.54. The molecule has 0 heterocycles. The number of carbonyl (C=O) groups excluding carboxylic acids is 1. The van der Waals surface area contributed by atoms with E-state index in [9.17, 15) is 4.79 Å². The van der Waals surface area contributed by atoms with Crippen LogP contribution in [-0.2, 0) is 15.3 Å². The summed E-state index contributed by atoms with van der Waals surface area (Å²) in [6, 6.07) is 10.1. The third-order valence-electron chi connectivity index (χ3n) is 1.56. The molecular formula is C10H12O2S. The molecular weight excluding hydrogens is 184 g/mol. The lowest BCUT2D eigenvalue weighted by Gasteiger charge is -1.99. The Kier molecular flexibility index (Phi) is 4.40. The third kappa shape index (κ3) is 3.99. The highest BCUT2D eigenvalue weighted by atomic mass is 32.2. The molecule has 0 unspecified atom stereocenters. The van der Waals surface area contributed by atoms with E-state index in [1.807, 2.05) is 30.3 Å². The molecule has 0 aliphatic heterocycles. The Balaban J connectivity index is 2.24. The average Bonchev–Trinajstić information content (AvgIpc) is 2.19. The summed E-state index contributed by atoms with van der Waals surface area (Å²) in [5.41, 5.74) is 1.23. The fraction of sp³-hybridized carbons (Fsp3) is 0.300. The Morgan fingerprint density at radius 1 is 1.38 bits per heavy atom. The van der Waals surface area contributed by atoms with Crippen LogP contribution in [0.3, 0.4) is 0 Å². The molecule has 3 heteroatoms. The molecule has 0 N–H and O–H groups in total. The van der Waals surface area contributed by atoms with E-state index in [2.05, 4.69) is 4.74 Å². The van der Waals surface area contributed by atoms with Gasteiger partial charge >= 0.3 is 5.97 Å². The summed E-state index contributed by atoms with van der Waals surface area (Å²) in [4.78, 5) is 10.8. The minimum atomic E-state index is -0.166. The Morgan fingerprint density at radius 2 is 2.08 bits per heavy atom. The van der Waals surface area contributed by atoms with Gasteiger partial charge in [0.25, 0.3) is 0 Å². The first-order valence-electron chi connectivity index (χ1n) is 4.01. The molecule has 0 aliphatic carbocycles. The first-order chi connectivity index (χ1) is 6.33. The van der Waals surface area contributed by atoms with Crippen molar-refractivity contribution in [3.8, 4) is 0 Å². The van der Waals surface area contributed by atoms with E-state index in [1.165, 1.54) is 12.7 Å². The maximum atomic E-state index is 10.8. The zero-order valence-corrected chi connectivity index (χ0v) is 8.34. The molecule has 1 aromatic carbocycles. The lowest BCUT2D eigenvalue weighted by molar-refractivity contribution is -0.137. The Labute approximate surface area is 82.3 Å². The molecule has 0 saturated carbocycles. The van der Waals surface area contributed by atoms with Crippen LogP contribution in [0.5, 0.6) is 0 Å². The number of esters is 1. The first-order valence-corrected chi connectivity index (χ1v) is 5.17. The van der Waals surface area contributed by atoms with Crippen LogP contribution in [0.2, 0.25) is 0 Å². The summed E-state index contributed by atoms with van der Waals surface area (Å²) in [6.07, 6.45) is 0. The lowest BCUT2D eigenvalue weighted by Crippen LogP contribution is -2.03. The smallest absolute Gasteiger partial charge is 0.315 e. The van der Waals surface area contributed by atoms with Crippen LogP contribution in [0, 0.1) is 0 Å². The van der Waals surface area contributed by atoms with Crippen LogP contribution in [0.1, 0.15) is 5.56 Å². The van der Waals surface area contributed by atoms with Gasteiger partial charge in [-0.25, -0.2) is 0 Å². The molecule has 2 nitrogen and oxygen atoms in total. The molecule has 1 aromatic rings. The van der Waals surface area contributed by atoms with Crippen molar-refractivity contribution in [2.75, 3.05) is 12.9 Å². The number of ether oxygens (including phenoxy) is 1. The van der Waals surface area contributed by atoms with Gasteiger partial charge in [0.15, 0.2) is 0 Å². The minimum Gasteiger partial charge on any atom is -0.468 e. The van der Waals surface area contributed by atoms with Gasteiger partial charge in [-0.05, 0) is 5.56 Å². The fourth-order valence-electron chi connectivity index (χ4n) is 0.885. The summed E-state index contributed by atoms with van der Waals surface area (Å²) in [6.45, 7) is 0. The van der Waals surface area contributed by atoms with Gasteiger partial charge < -0.3 is 4.74 Å². The highest BCUT2D eigenvalue weighted by Crippen LogP contribution is 2.11. The molecule has 0 amide bonds.